The molecule has 4 atom stereocenters. The number of benzene rings is 1. The van der Waals surface area contributed by atoms with Crippen molar-refractivity contribution >= 4 is 17.5 Å². The number of hydrogen-bond acceptors (Lipinski definition) is 8. The highest BCUT2D eigenvalue weighted by molar-refractivity contribution is 6.05. The molecule has 0 radical (unpaired) electrons. The molecule has 2 N–H and O–H groups in total. The third-order valence-electron chi connectivity index (χ3n) is 7.95. The van der Waals surface area contributed by atoms with Gasteiger partial charge in [-0.1, -0.05) is 6.92 Å². The Balaban J connectivity index is 1.61. The highest BCUT2D eigenvalue weighted by atomic mass is 16.5. The molecule has 1 aliphatic heterocycles. The minimum atomic E-state index is -0.451. The second-order valence-corrected chi connectivity index (χ2v) is 11.8. The van der Waals surface area contributed by atoms with Crippen LogP contribution in [-0.4, -0.2) is 88.3 Å². The fourth-order valence-electron chi connectivity index (χ4n) is 5.34. The van der Waals surface area contributed by atoms with E-state index in [0.29, 0.717) is 42.3 Å². The summed E-state index contributed by atoms with van der Waals surface area (Å²) < 4.78 is 12.8. The average molecular weight is 604 g/mol. The number of amides is 2. The summed E-state index contributed by atoms with van der Waals surface area (Å²) in [5, 5.41) is 13.1. The Bertz CT molecular complexity index is 1340. The molecule has 3 aromatic rings. The van der Waals surface area contributed by atoms with E-state index in [-0.39, 0.29) is 36.5 Å². The maximum Gasteiger partial charge on any atom is 0.258 e. The zero-order valence-electron chi connectivity index (χ0n) is 26.2. The smallest absolute Gasteiger partial charge is 0.258 e. The standard InChI is InChI=1S/C34H45N5O5/c1-24-20-39(25(2)23-40)34(42)30-19-29(37-33(41)28-12-16-36-17-13-28)8-9-31(30)44-26(3)7-5-6-18-43-32(24)22-38(4)21-27-10-14-35-15-11-27/h8-17,19,24-26,32,40H,5-7,18,20-23H2,1-4H3,(H,37,41)/t24-,25+,26-,32-/m0/s1. The minimum Gasteiger partial charge on any atom is -0.490 e. The predicted octanol–water partition coefficient (Wildman–Crippen LogP) is 4.66. The van der Waals surface area contributed by atoms with Gasteiger partial charge in [0.05, 0.1) is 30.4 Å². The van der Waals surface area contributed by atoms with Crippen LogP contribution < -0.4 is 10.1 Å². The molecule has 2 aromatic heterocycles. The molecule has 0 unspecified atom stereocenters. The van der Waals surface area contributed by atoms with Crippen LogP contribution in [0.15, 0.2) is 67.3 Å². The van der Waals surface area contributed by atoms with Crippen molar-refractivity contribution in [2.75, 3.05) is 38.7 Å². The van der Waals surface area contributed by atoms with Crippen LogP contribution in [0.3, 0.4) is 0 Å². The van der Waals surface area contributed by atoms with Gasteiger partial charge in [-0.05, 0) is 88.2 Å². The van der Waals surface area contributed by atoms with Gasteiger partial charge >= 0.3 is 0 Å². The third kappa shape index (κ3) is 9.32. The largest absolute Gasteiger partial charge is 0.490 e. The summed E-state index contributed by atoms with van der Waals surface area (Å²) in [6, 6.07) is 12.0. The zero-order valence-corrected chi connectivity index (χ0v) is 26.2. The van der Waals surface area contributed by atoms with Gasteiger partial charge in [0.15, 0.2) is 0 Å². The van der Waals surface area contributed by atoms with Crippen molar-refractivity contribution in [1.29, 1.82) is 0 Å². The second-order valence-electron chi connectivity index (χ2n) is 11.8. The van der Waals surface area contributed by atoms with Crippen LogP contribution in [0.5, 0.6) is 5.75 Å². The molecule has 0 bridgehead atoms. The lowest BCUT2D eigenvalue weighted by Crippen LogP contribution is -2.47. The molecule has 0 saturated heterocycles. The fraction of sp³-hybridized carbons (Fsp3) is 0.471. The van der Waals surface area contributed by atoms with Crippen LogP contribution in [0, 0.1) is 5.92 Å². The summed E-state index contributed by atoms with van der Waals surface area (Å²) in [5.41, 5.74) is 2.43. The first-order valence-electron chi connectivity index (χ1n) is 15.4. The Labute approximate surface area is 260 Å². The van der Waals surface area contributed by atoms with Crippen molar-refractivity contribution < 1.29 is 24.2 Å². The Kier molecular flexibility index (Phi) is 12.2. The number of aliphatic hydroxyl groups is 1. The minimum absolute atomic E-state index is 0.0337. The van der Waals surface area contributed by atoms with Gasteiger partial charge in [-0.3, -0.25) is 24.5 Å². The molecule has 1 aromatic carbocycles. The number of carbonyl (C=O) groups excluding carboxylic acids is 2. The molecule has 236 valence electrons. The van der Waals surface area contributed by atoms with Crippen LogP contribution >= 0.6 is 0 Å². The van der Waals surface area contributed by atoms with Crippen LogP contribution in [0.25, 0.3) is 0 Å². The number of anilines is 1. The van der Waals surface area contributed by atoms with E-state index in [1.54, 1.807) is 60.0 Å². The van der Waals surface area contributed by atoms with Crippen molar-refractivity contribution in [2.45, 2.75) is 64.8 Å². The van der Waals surface area contributed by atoms with E-state index in [1.807, 2.05) is 26.0 Å². The maximum absolute atomic E-state index is 14.3. The molecule has 0 aliphatic carbocycles. The number of fused-ring (bicyclic) bond motifs is 1. The summed E-state index contributed by atoms with van der Waals surface area (Å²) >= 11 is 0. The lowest BCUT2D eigenvalue weighted by Gasteiger charge is -2.36. The third-order valence-corrected chi connectivity index (χ3v) is 7.95. The van der Waals surface area contributed by atoms with E-state index in [0.717, 1.165) is 25.8 Å². The van der Waals surface area contributed by atoms with Crippen molar-refractivity contribution in [3.05, 3.63) is 83.9 Å². The maximum atomic E-state index is 14.3. The highest BCUT2D eigenvalue weighted by Crippen LogP contribution is 2.29. The van der Waals surface area contributed by atoms with E-state index in [2.05, 4.69) is 34.2 Å². The summed E-state index contributed by atoms with van der Waals surface area (Å²) in [4.78, 5) is 39.2. The summed E-state index contributed by atoms with van der Waals surface area (Å²) in [6.07, 6.45) is 9.05. The number of aliphatic hydroxyl groups excluding tert-OH is 1. The quantitative estimate of drug-likeness (QED) is 0.382. The first-order valence-corrected chi connectivity index (χ1v) is 15.4. The van der Waals surface area contributed by atoms with Crippen molar-refractivity contribution in [2.24, 2.45) is 5.92 Å². The molecule has 2 amide bonds. The molecule has 44 heavy (non-hydrogen) atoms. The molecule has 1 aliphatic rings. The molecular formula is C34H45N5O5. The molecule has 4 rings (SSSR count). The molecule has 0 saturated carbocycles. The molecular weight excluding hydrogens is 558 g/mol. The van der Waals surface area contributed by atoms with E-state index in [4.69, 9.17) is 9.47 Å². The number of nitrogens with one attached hydrogen (secondary N) is 1. The molecule has 0 spiro atoms. The molecule has 3 heterocycles. The lowest BCUT2D eigenvalue weighted by atomic mass is 10.0. The Morgan fingerprint density at radius 1 is 1.09 bits per heavy atom. The molecule has 0 fully saturated rings. The Morgan fingerprint density at radius 2 is 1.80 bits per heavy atom. The number of likely N-dealkylation sites (N-methyl/N-ethyl adjacent to an activating group) is 1. The number of pyridine rings is 2. The van der Waals surface area contributed by atoms with E-state index < -0.39 is 6.04 Å². The Morgan fingerprint density at radius 3 is 2.50 bits per heavy atom. The normalized spacial score (nSPS) is 20.7. The topological polar surface area (TPSA) is 117 Å². The predicted molar refractivity (Wildman–Crippen MR) is 170 cm³/mol. The molecule has 10 heteroatoms. The van der Waals surface area contributed by atoms with Gasteiger partial charge in [0.25, 0.3) is 11.8 Å². The van der Waals surface area contributed by atoms with Crippen LogP contribution in [-0.2, 0) is 11.3 Å². The number of hydrogen-bond donors (Lipinski definition) is 2. The van der Waals surface area contributed by atoms with E-state index in [9.17, 15) is 14.7 Å². The monoisotopic (exact) mass is 603 g/mol. The van der Waals surface area contributed by atoms with Gasteiger partial charge in [0.2, 0.25) is 0 Å². The number of carbonyl (C=O) groups is 2. The van der Waals surface area contributed by atoms with Gasteiger partial charge < -0.3 is 24.8 Å². The lowest BCUT2D eigenvalue weighted by molar-refractivity contribution is -0.0177. The fourth-order valence-corrected chi connectivity index (χ4v) is 5.34. The summed E-state index contributed by atoms with van der Waals surface area (Å²) in [7, 11) is 2.07. The van der Waals surface area contributed by atoms with E-state index >= 15 is 0 Å². The average Bonchev–Trinajstić information content (AvgIpc) is 3.03. The number of nitrogens with zero attached hydrogens (tertiary/aromatic N) is 4. The highest BCUT2D eigenvalue weighted by Gasteiger charge is 2.30. The summed E-state index contributed by atoms with van der Waals surface area (Å²) in [5.74, 6) is -0.163. The van der Waals surface area contributed by atoms with Crippen LogP contribution in [0.1, 0.15) is 66.3 Å². The van der Waals surface area contributed by atoms with Gasteiger partial charge in [-0.2, -0.15) is 0 Å². The zero-order chi connectivity index (χ0) is 31.5. The number of aromatic nitrogens is 2. The number of ether oxygens (including phenoxy) is 2. The van der Waals surface area contributed by atoms with E-state index in [1.165, 1.54) is 5.56 Å². The first kappa shape index (κ1) is 33.0. The second kappa shape index (κ2) is 16.3. The Hall–Kier alpha value is -3.86. The van der Waals surface area contributed by atoms with Gasteiger partial charge in [-0.25, -0.2) is 0 Å². The number of rotatable bonds is 8. The van der Waals surface area contributed by atoms with Gasteiger partial charge in [0, 0.05) is 68.2 Å². The van der Waals surface area contributed by atoms with Crippen molar-refractivity contribution in [3.63, 3.8) is 0 Å². The molecule has 10 nitrogen and oxygen atoms in total. The van der Waals surface area contributed by atoms with Crippen molar-refractivity contribution in [1.82, 2.24) is 19.8 Å². The first-order chi connectivity index (χ1) is 21.2. The SMILES string of the molecule is C[C@H](CO)N1C[C@H](C)[C@H](CN(C)Cc2ccncc2)OCCCC[C@H](C)Oc2ccc(NC(=O)c3ccncc3)cc2C1=O. The van der Waals surface area contributed by atoms with Crippen LogP contribution in [0.2, 0.25) is 0 Å². The van der Waals surface area contributed by atoms with Gasteiger partial charge in [-0.15, -0.1) is 0 Å². The van der Waals surface area contributed by atoms with Gasteiger partial charge in [0.1, 0.15) is 5.75 Å². The van der Waals surface area contributed by atoms with Crippen molar-refractivity contribution in [3.8, 4) is 5.75 Å². The van der Waals surface area contributed by atoms with Crippen LogP contribution in [0.4, 0.5) is 5.69 Å². The summed E-state index contributed by atoms with van der Waals surface area (Å²) in [6.45, 7) is 8.14.